The van der Waals surface area contributed by atoms with Crippen LogP contribution in [0.1, 0.15) is 0 Å². The Labute approximate surface area is 62.3 Å². The van der Waals surface area contributed by atoms with Crippen molar-refractivity contribution in [1.82, 2.24) is 4.98 Å². The lowest BCUT2D eigenvalue weighted by Gasteiger charge is -1.79. The Kier molecular flexibility index (Phi) is 1.11. The maximum Gasteiger partial charge on any atom is 0.181 e. The Balaban J connectivity index is 2.88. The average molecular weight is 149 g/mol. The zero-order chi connectivity index (χ0) is 6.97. The molecule has 10 heavy (non-hydrogen) atoms. The third-order valence-corrected chi connectivity index (χ3v) is 2.07. The number of aromatic nitrogens is 1. The van der Waals surface area contributed by atoms with E-state index in [-0.39, 0.29) is 0 Å². The number of benzene rings is 1. The number of rotatable bonds is 0. The van der Waals surface area contributed by atoms with Crippen LogP contribution in [0.2, 0.25) is 0 Å². The first kappa shape index (κ1) is 5.68. The van der Waals surface area contributed by atoms with Crippen molar-refractivity contribution >= 4 is 26.7 Å². The highest BCUT2D eigenvalue weighted by Gasteiger charge is 1.96. The normalized spacial score (nSPS) is 10.4. The molecule has 0 aliphatic carbocycles. The molecule has 0 saturated carbocycles. The van der Waals surface area contributed by atoms with Gasteiger partial charge in [-0.05, 0) is 6.07 Å². The summed E-state index contributed by atoms with van der Waals surface area (Å²) in [5.74, 6) is 0. The number of hydrogen-bond acceptors (Lipinski definition) is 3. The molecule has 0 bridgehead atoms. The minimum absolute atomic E-state index is 0.609. The van der Waals surface area contributed by atoms with Gasteiger partial charge in [0.15, 0.2) is 5.13 Å². The fourth-order valence-electron chi connectivity index (χ4n) is 0.829. The standard InChI is InChI=1S/C7H5N2S/c8-7-9-5-3-1-2-4-6(5)10-7/h1-3H,(H2,8,9). The lowest BCUT2D eigenvalue weighted by atomic mass is 10.3. The molecule has 1 aromatic heterocycles. The van der Waals surface area contributed by atoms with E-state index in [4.69, 9.17) is 5.73 Å². The molecule has 0 aliphatic rings. The molecular formula is C7H5N2S. The lowest BCUT2D eigenvalue weighted by molar-refractivity contribution is 1.50. The monoisotopic (exact) mass is 149 g/mol. The Hall–Kier alpha value is -1.09. The van der Waals surface area contributed by atoms with Crippen molar-refractivity contribution in [1.29, 1.82) is 0 Å². The van der Waals surface area contributed by atoms with Gasteiger partial charge in [0, 0.05) is 6.07 Å². The number of anilines is 1. The van der Waals surface area contributed by atoms with Gasteiger partial charge in [0.05, 0.1) is 10.2 Å². The Bertz CT molecular complexity index is 320. The second-order valence-corrected chi connectivity index (χ2v) is 2.97. The molecule has 0 spiro atoms. The number of nitrogens with zero attached hydrogens (tertiary/aromatic N) is 1. The molecule has 2 N–H and O–H groups in total. The molecule has 0 fully saturated rings. The van der Waals surface area contributed by atoms with E-state index in [1.165, 1.54) is 11.3 Å². The number of nitrogens with two attached hydrogens (primary N) is 1. The topological polar surface area (TPSA) is 38.9 Å². The van der Waals surface area contributed by atoms with E-state index in [1.54, 1.807) is 0 Å². The van der Waals surface area contributed by atoms with Gasteiger partial charge in [0.25, 0.3) is 0 Å². The van der Waals surface area contributed by atoms with Crippen LogP contribution in [0.15, 0.2) is 18.2 Å². The van der Waals surface area contributed by atoms with Gasteiger partial charge in [-0.2, -0.15) is 0 Å². The first-order valence-electron chi connectivity index (χ1n) is 2.89. The third kappa shape index (κ3) is 0.752. The van der Waals surface area contributed by atoms with Gasteiger partial charge in [-0.1, -0.05) is 23.5 Å². The first-order valence-corrected chi connectivity index (χ1v) is 3.70. The van der Waals surface area contributed by atoms with Gasteiger partial charge in [0.1, 0.15) is 0 Å². The second kappa shape index (κ2) is 1.95. The van der Waals surface area contributed by atoms with Crippen LogP contribution in [0.4, 0.5) is 5.13 Å². The van der Waals surface area contributed by atoms with E-state index in [0.717, 1.165) is 10.2 Å². The van der Waals surface area contributed by atoms with Gasteiger partial charge in [-0.25, -0.2) is 4.98 Å². The van der Waals surface area contributed by atoms with Crippen LogP contribution in [-0.2, 0) is 0 Å². The summed E-state index contributed by atoms with van der Waals surface area (Å²) in [6.45, 7) is 0. The molecule has 0 aliphatic heterocycles. The summed E-state index contributed by atoms with van der Waals surface area (Å²) in [6, 6.07) is 8.74. The van der Waals surface area contributed by atoms with Crippen LogP contribution in [-0.4, -0.2) is 4.98 Å². The fraction of sp³-hybridized carbons (Fsp3) is 0. The maximum absolute atomic E-state index is 5.48. The summed E-state index contributed by atoms with van der Waals surface area (Å²) in [6.07, 6.45) is 0. The molecule has 0 atom stereocenters. The SMILES string of the molecule is Nc1nc2ccc[c]c2s1. The summed E-state index contributed by atoms with van der Waals surface area (Å²) in [7, 11) is 0. The molecular weight excluding hydrogens is 144 g/mol. The second-order valence-electron chi connectivity index (χ2n) is 1.94. The summed E-state index contributed by atoms with van der Waals surface area (Å²) in [4.78, 5) is 4.08. The maximum atomic E-state index is 5.48. The molecule has 0 amide bonds. The minimum Gasteiger partial charge on any atom is -0.375 e. The van der Waals surface area contributed by atoms with Crippen molar-refractivity contribution in [3.05, 3.63) is 24.3 Å². The predicted molar refractivity (Wildman–Crippen MR) is 42.9 cm³/mol. The van der Waals surface area contributed by atoms with E-state index < -0.39 is 0 Å². The number of fused-ring (bicyclic) bond motifs is 1. The highest BCUT2D eigenvalue weighted by atomic mass is 32.1. The van der Waals surface area contributed by atoms with Crippen molar-refractivity contribution in [2.75, 3.05) is 5.73 Å². The molecule has 2 nitrogen and oxygen atoms in total. The molecule has 0 saturated heterocycles. The van der Waals surface area contributed by atoms with Crippen molar-refractivity contribution in [2.45, 2.75) is 0 Å². The Morgan fingerprint density at radius 2 is 2.50 bits per heavy atom. The minimum atomic E-state index is 0.609. The highest BCUT2D eigenvalue weighted by molar-refractivity contribution is 7.21. The fourth-order valence-corrected chi connectivity index (χ4v) is 1.53. The summed E-state index contributed by atoms with van der Waals surface area (Å²) >= 11 is 1.46. The average Bonchev–Trinajstić information content (AvgIpc) is 2.27. The number of nitrogen functional groups attached to an aromatic ring is 1. The molecule has 1 heterocycles. The van der Waals surface area contributed by atoms with E-state index >= 15 is 0 Å². The largest absolute Gasteiger partial charge is 0.375 e. The first-order chi connectivity index (χ1) is 4.86. The zero-order valence-corrected chi connectivity index (χ0v) is 5.98. The molecule has 3 heteroatoms. The van der Waals surface area contributed by atoms with Gasteiger partial charge in [-0.3, -0.25) is 0 Å². The van der Waals surface area contributed by atoms with Gasteiger partial charge in [0.2, 0.25) is 0 Å². The molecule has 2 rings (SSSR count). The van der Waals surface area contributed by atoms with Crippen LogP contribution in [0.5, 0.6) is 0 Å². The quantitative estimate of drug-likeness (QED) is 0.619. The molecule has 49 valence electrons. The summed E-state index contributed by atoms with van der Waals surface area (Å²) in [5.41, 5.74) is 6.41. The molecule has 1 aromatic carbocycles. The van der Waals surface area contributed by atoms with E-state index in [9.17, 15) is 0 Å². The number of thiazole rings is 1. The van der Waals surface area contributed by atoms with Crippen LogP contribution in [0.3, 0.4) is 0 Å². The van der Waals surface area contributed by atoms with Crippen molar-refractivity contribution < 1.29 is 0 Å². The van der Waals surface area contributed by atoms with Crippen LogP contribution >= 0.6 is 11.3 Å². The van der Waals surface area contributed by atoms with Crippen molar-refractivity contribution in [3.63, 3.8) is 0 Å². The van der Waals surface area contributed by atoms with Crippen LogP contribution < -0.4 is 5.73 Å². The van der Waals surface area contributed by atoms with Gasteiger partial charge < -0.3 is 5.73 Å². The molecule has 1 radical (unpaired) electrons. The van der Waals surface area contributed by atoms with E-state index in [2.05, 4.69) is 11.1 Å². The molecule has 0 unspecified atom stereocenters. The Morgan fingerprint density at radius 1 is 1.60 bits per heavy atom. The van der Waals surface area contributed by atoms with E-state index in [0.29, 0.717) is 5.13 Å². The summed E-state index contributed by atoms with van der Waals surface area (Å²) in [5, 5.41) is 0.609. The van der Waals surface area contributed by atoms with Gasteiger partial charge >= 0.3 is 0 Å². The zero-order valence-electron chi connectivity index (χ0n) is 5.16. The van der Waals surface area contributed by atoms with Gasteiger partial charge in [-0.15, -0.1) is 0 Å². The molecule has 2 aromatic rings. The van der Waals surface area contributed by atoms with Crippen molar-refractivity contribution in [3.8, 4) is 0 Å². The number of hydrogen-bond donors (Lipinski definition) is 1. The summed E-state index contributed by atoms with van der Waals surface area (Å²) < 4.78 is 1.03. The van der Waals surface area contributed by atoms with E-state index in [1.807, 2.05) is 18.2 Å². The van der Waals surface area contributed by atoms with Crippen LogP contribution in [0.25, 0.3) is 10.2 Å². The van der Waals surface area contributed by atoms with Crippen LogP contribution in [0, 0.1) is 6.07 Å². The Morgan fingerprint density at radius 3 is 3.30 bits per heavy atom. The predicted octanol–water partition coefficient (Wildman–Crippen LogP) is 1.68. The van der Waals surface area contributed by atoms with Crippen molar-refractivity contribution in [2.24, 2.45) is 0 Å². The smallest absolute Gasteiger partial charge is 0.181 e. The highest BCUT2D eigenvalue weighted by Crippen LogP contribution is 2.21. The third-order valence-electron chi connectivity index (χ3n) is 1.23. The lowest BCUT2D eigenvalue weighted by Crippen LogP contribution is -1.78.